The van der Waals surface area contributed by atoms with Crippen molar-refractivity contribution >= 4 is 34.2 Å². The zero-order chi connectivity index (χ0) is 21.5. The molecule has 0 radical (unpaired) electrons. The third-order valence-electron chi connectivity index (χ3n) is 4.68. The molecule has 0 saturated carbocycles. The lowest BCUT2D eigenvalue weighted by atomic mass is 10.1. The van der Waals surface area contributed by atoms with Crippen LogP contribution in [0.3, 0.4) is 0 Å². The summed E-state index contributed by atoms with van der Waals surface area (Å²) in [5.41, 5.74) is 2.96. The van der Waals surface area contributed by atoms with E-state index in [2.05, 4.69) is 15.4 Å². The summed E-state index contributed by atoms with van der Waals surface area (Å²) in [6.45, 7) is -1.74. The minimum Gasteiger partial charge on any atom is -0.354 e. The van der Waals surface area contributed by atoms with Crippen molar-refractivity contribution in [1.29, 1.82) is 0 Å². The Hall–Kier alpha value is -3.63. The maximum Gasteiger partial charge on any atom is 0.405 e. The Morgan fingerprint density at radius 1 is 1.27 bits per heavy atom. The number of nitrogens with one attached hydrogen (secondary N) is 2. The number of aromatic nitrogens is 3. The fraction of sp³-hybridized carbons (Fsp3) is 0.263. The molecule has 1 aliphatic rings. The van der Waals surface area contributed by atoms with Crippen LogP contribution in [-0.2, 0) is 18.4 Å². The largest absolute Gasteiger partial charge is 0.405 e. The quantitative estimate of drug-likeness (QED) is 0.664. The third kappa shape index (κ3) is 3.91. The molecule has 8 nitrogen and oxygen atoms in total. The van der Waals surface area contributed by atoms with Crippen LogP contribution < -0.4 is 10.6 Å². The Labute approximate surface area is 168 Å². The van der Waals surface area contributed by atoms with E-state index < -0.39 is 31.1 Å². The average Bonchev–Trinajstić information content (AvgIpc) is 3.20. The van der Waals surface area contributed by atoms with Gasteiger partial charge in [0, 0.05) is 19.0 Å². The second-order valence-corrected chi connectivity index (χ2v) is 6.92. The first-order valence-electron chi connectivity index (χ1n) is 9.01. The number of hydrogen-bond acceptors (Lipinski definition) is 5. The number of benzene rings is 1. The smallest absolute Gasteiger partial charge is 0.354 e. The van der Waals surface area contributed by atoms with Crippen LogP contribution >= 0.6 is 0 Å². The number of halogens is 3. The molecule has 3 aromatic rings. The number of hydrogen-bond donors (Lipinski definition) is 2. The SMILES string of the molecule is Cn1ncc2cc(Nc3cccc4c3C(=O)N(CC(=O)NCC(F)(F)F)C4)cnc21. The summed E-state index contributed by atoms with van der Waals surface area (Å²) in [5.74, 6) is -1.29. The predicted molar refractivity (Wildman–Crippen MR) is 102 cm³/mol. The topological polar surface area (TPSA) is 92.2 Å². The van der Waals surface area contributed by atoms with Crippen molar-refractivity contribution in [2.75, 3.05) is 18.4 Å². The van der Waals surface area contributed by atoms with E-state index in [1.807, 2.05) is 6.07 Å². The van der Waals surface area contributed by atoms with E-state index >= 15 is 0 Å². The van der Waals surface area contributed by atoms with Crippen molar-refractivity contribution in [2.24, 2.45) is 7.05 Å². The minimum absolute atomic E-state index is 0.142. The number of anilines is 2. The molecule has 0 spiro atoms. The van der Waals surface area contributed by atoms with Gasteiger partial charge in [-0.05, 0) is 17.7 Å². The molecule has 2 amide bonds. The molecule has 1 aromatic carbocycles. The number of amides is 2. The van der Waals surface area contributed by atoms with Crippen molar-refractivity contribution in [3.63, 3.8) is 0 Å². The molecule has 3 heterocycles. The number of rotatable bonds is 5. The van der Waals surface area contributed by atoms with E-state index in [4.69, 9.17) is 0 Å². The third-order valence-corrected chi connectivity index (χ3v) is 4.68. The molecule has 156 valence electrons. The molecule has 0 fully saturated rings. The fourth-order valence-electron chi connectivity index (χ4n) is 3.35. The molecule has 0 saturated heterocycles. The summed E-state index contributed by atoms with van der Waals surface area (Å²) in [5, 5.41) is 9.90. The van der Waals surface area contributed by atoms with Gasteiger partial charge in [-0.1, -0.05) is 12.1 Å². The summed E-state index contributed by atoms with van der Waals surface area (Å²) in [6.07, 6.45) is -1.21. The Bertz CT molecular complexity index is 1140. The summed E-state index contributed by atoms with van der Waals surface area (Å²) in [4.78, 5) is 30.2. The first-order valence-corrected chi connectivity index (χ1v) is 9.01. The number of pyridine rings is 1. The highest BCUT2D eigenvalue weighted by atomic mass is 19.4. The molecule has 2 N–H and O–H groups in total. The number of aryl methyl sites for hydroxylation is 1. The van der Waals surface area contributed by atoms with Gasteiger partial charge >= 0.3 is 6.18 Å². The van der Waals surface area contributed by atoms with Gasteiger partial charge in [-0.2, -0.15) is 18.3 Å². The zero-order valence-corrected chi connectivity index (χ0v) is 15.8. The van der Waals surface area contributed by atoms with Gasteiger partial charge < -0.3 is 15.5 Å². The molecule has 0 atom stereocenters. The van der Waals surface area contributed by atoms with E-state index in [1.54, 1.807) is 47.6 Å². The predicted octanol–water partition coefficient (Wildman–Crippen LogP) is 2.35. The molecule has 30 heavy (non-hydrogen) atoms. The lowest BCUT2D eigenvalue weighted by Gasteiger charge is -2.16. The number of alkyl halides is 3. The Morgan fingerprint density at radius 3 is 2.83 bits per heavy atom. The van der Waals surface area contributed by atoms with E-state index in [0.717, 1.165) is 5.39 Å². The standard InChI is InChI=1S/C19H17F3N6O2/c1-27-17-12(6-25-27)5-13(7-23-17)26-14-4-2-3-11-8-28(18(30)16(11)14)9-15(29)24-10-19(20,21)22/h2-7,26H,8-10H2,1H3,(H,24,29). The van der Waals surface area contributed by atoms with Gasteiger partial charge in [0.15, 0.2) is 5.65 Å². The van der Waals surface area contributed by atoms with Crippen LogP contribution in [0.2, 0.25) is 0 Å². The molecule has 4 rings (SSSR count). The van der Waals surface area contributed by atoms with Crippen molar-refractivity contribution in [3.8, 4) is 0 Å². The molecule has 0 unspecified atom stereocenters. The molecule has 1 aliphatic heterocycles. The van der Waals surface area contributed by atoms with Crippen molar-refractivity contribution in [2.45, 2.75) is 12.7 Å². The number of fused-ring (bicyclic) bond motifs is 2. The first-order chi connectivity index (χ1) is 14.2. The summed E-state index contributed by atoms with van der Waals surface area (Å²) in [6, 6.07) is 7.07. The molecule has 0 aliphatic carbocycles. The second-order valence-electron chi connectivity index (χ2n) is 6.92. The lowest BCUT2D eigenvalue weighted by Crippen LogP contribution is -2.41. The highest BCUT2D eigenvalue weighted by Crippen LogP contribution is 2.31. The average molecular weight is 418 g/mol. The van der Waals surface area contributed by atoms with Crippen molar-refractivity contribution < 1.29 is 22.8 Å². The van der Waals surface area contributed by atoms with Crippen LogP contribution in [0, 0.1) is 0 Å². The van der Waals surface area contributed by atoms with Gasteiger partial charge in [0.1, 0.15) is 13.1 Å². The van der Waals surface area contributed by atoms with Crippen LogP contribution in [-0.4, -0.2) is 50.7 Å². The molecular weight excluding hydrogens is 401 g/mol. The Morgan fingerprint density at radius 2 is 2.07 bits per heavy atom. The second kappa shape index (κ2) is 7.32. The lowest BCUT2D eigenvalue weighted by molar-refractivity contribution is -0.138. The first kappa shape index (κ1) is 19.7. The highest BCUT2D eigenvalue weighted by molar-refractivity contribution is 6.05. The number of nitrogens with zero attached hydrogens (tertiary/aromatic N) is 4. The minimum atomic E-state index is -4.51. The van der Waals surface area contributed by atoms with Crippen LogP contribution in [0.5, 0.6) is 0 Å². The van der Waals surface area contributed by atoms with E-state index in [0.29, 0.717) is 28.1 Å². The van der Waals surface area contributed by atoms with Crippen LogP contribution in [0.25, 0.3) is 11.0 Å². The normalized spacial score (nSPS) is 13.6. The van der Waals surface area contributed by atoms with Crippen molar-refractivity contribution in [3.05, 3.63) is 47.8 Å². The maximum absolute atomic E-state index is 12.8. The monoisotopic (exact) mass is 418 g/mol. The molecule has 0 bridgehead atoms. The molecular formula is C19H17F3N6O2. The van der Waals surface area contributed by atoms with Gasteiger partial charge in [0.25, 0.3) is 5.91 Å². The van der Waals surface area contributed by atoms with E-state index in [-0.39, 0.29) is 6.54 Å². The summed E-state index contributed by atoms with van der Waals surface area (Å²) < 4.78 is 38.4. The van der Waals surface area contributed by atoms with Crippen LogP contribution in [0.1, 0.15) is 15.9 Å². The van der Waals surface area contributed by atoms with Gasteiger partial charge in [-0.3, -0.25) is 14.3 Å². The Kier molecular flexibility index (Phi) is 4.80. The van der Waals surface area contributed by atoms with Crippen LogP contribution in [0.4, 0.5) is 24.5 Å². The fourth-order valence-corrected chi connectivity index (χ4v) is 3.35. The number of carbonyl (C=O) groups excluding carboxylic acids is 2. The van der Waals surface area contributed by atoms with Crippen LogP contribution in [0.15, 0.2) is 36.7 Å². The van der Waals surface area contributed by atoms with E-state index in [1.165, 1.54) is 4.90 Å². The van der Waals surface area contributed by atoms with Crippen molar-refractivity contribution in [1.82, 2.24) is 25.0 Å². The Balaban J connectivity index is 1.51. The number of carbonyl (C=O) groups is 2. The summed E-state index contributed by atoms with van der Waals surface area (Å²) in [7, 11) is 1.78. The highest BCUT2D eigenvalue weighted by Gasteiger charge is 2.32. The van der Waals surface area contributed by atoms with Gasteiger partial charge in [0.2, 0.25) is 5.91 Å². The van der Waals surface area contributed by atoms with Gasteiger partial charge in [0.05, 0.1) is 29.3 Å². The maximum atomic E-state index is 12.8. The molecule has 11 heteroatoms. The van der Waals surface area contributed by atoms with E-state index in [9.17, 15) is 22.8 Å². The van der Waals surface area contributed by atoms with Gasteiger partial charge in [-0.15, -0.1) is 0 Å². The van der Waals surface area contributed by atoms with Gasteiger partial charge in [-0.25, -0.2) is 4.98 Å². The zero-order valence-electron chi connectivity index (χ0n) is 15.8. The molecule has 2 aromatic heterocycles. The summed E-state index contributed by atoms with van der Waals surface area (Å²) >= 11 is 0.